The molecule has 3 heterocycles. The van der Waals surface area contributed by atoms with Crippen molar-refractivity contribution in [2.45, 2.75) is 76.3 Å². The van der Waals surface area contributed by atoms with Gasteiger partial charge in [0.05, 0.1) is 22.1 Å². The van der Waals surface area contributed by atoms with Crippen LogP contribution in [0.15, 0.2) is 66.7 Å². The Morgan fingerprint density at radius 3 is 1.39 bits per heavy atom. The zero-order valence-electron chi connectivity index (χ0n) is 20.8. The van der Waals surface area contributed by atoms with Gasteiger partial charge in [-0.3, -0.25) is 0 Å². The largest absolute Gasteiger partial charge is 0.320 e. The molecule has 2 aromatic carbocycles. The minimum atomic E-state index is 0.485. The molecule has 5 aromatic rings. The lowest BCUT2D eigenvalue weighted by Crippen LogP contribution is -2.15. The summed E-state index contributed by atoms with van der Waals surface area (Å²) >= 11 is 0. The number of benzene rings is 2. The highest BCUT2D eigenvalue weighted by Gasteiger charge is 2.25. The molecule has 5 heteroatoms. The van der Waals surface area contributed by atoms with E-state index in [9.17, 15) is 0 Å². The third kappa shape index (κ3) is 3.73. The number of nitrogens with zero attached hydrogens (tertiary/aromatic N) is 5. The van der Waals surface area contributed by atoms with Gasteiger partial charge in [-0.05, 0) is 62.1 Å². The molecule has 7 rings (SSSR count). The summed E-state index contributed by atoms with van der Waals surface area (Å²) in [6.45, 7) is 0. The average molecular weight is 476 g/mol. The number of hydrogen-bond donors (Lipinski definition) is 0. The summed E-state index contributed by atoms with van der Waals surface area (Å²) in [5.41, 5.74) is 6.44. The van der Waals surface area contributed by atoms with Crippen molar-refractivity contribution in [3.05, 3.63) is 66.7 Å². The van der Waals surface area contributed by atoms with E-state index in [2.05, 4.69) is 75.9 Å². The number of para-hydroxylation sites is 4. The number of pyridine rings is 1. The molecule has 0 spiro atoms. The minimum absolute atomic E-state index is 0.485. The molecule has 0 unspecified atom stereocenters. The third-order valence-corrected chi connectivity index (χ3v) is 8.28. The fraction of sp³-hybridized carbons (Fsp3) is 0.387. The van der Waals surface area contributed by atoms with E-state index < -0.39 is 0 Å². The van der Waals surface area contributed by atoms with Gasteiger partial charge < -0.3 is 9.13 Å². The Morgan fingerprint density at radius 2 is 0.917 bits per heavy atom. The highest BCUT2D eigenvalue weighted by atomic mass is 15.1. The Hall–Kier alpha value is -3.47. The summed E-state index contributed by atoms with van der Waals surface area (Å²) in [7, 11) is 0. The molecule has 5 nitrogen and oxygen atoms in total. The van der Waals surface area contributed by atoms with E-state index >= 15 is 0 Å². The van der Waals surface area contributed by atoms with Gasteiger partial charge in [0.15, 0.2) is 11.6 Å². The van der Waals surface area contributed by atoms with Crippen molar-refractivity contribution >= 4 is 22.1 Å². The summed E-state index contributed by atoms with van der Waals surface area (Å²) in [5.74, 6) is 1.98. The Labute approximate surface area is 212 Å². The van der Waals surface area contributed by atoms with Crippen molar-refractivity contribution in [1.82, 2.24) is 24.1 Å². The molecular weight excluding hydrogens is 442 g/mol. The molecule has 2 fully saturated rings. The first-order valence-electron chi connectivity index (χ1n) is 13.8. The van der Waals surface area contributed by atoms with Crippen molar-refractivity contribution in [1.29, 1.82) is 0 Å². The molecule has 0 bridgehead atoms. The van der Waals surface area contributed by atoms with Crippen LogP contribution in [0.25, 0.3) is 45.1 Å². The molecule has 0 atom stereocenters. The van der Waals surface area contributed by atoms with E-state index in [1.807, 2.05) is 0 Å². The first kappa shape index (κ1) is 21.8. The van der Waals surface area contributed by atoms with Gasteiger partial charge in [-0.1, -0.05) is 68.9 Å². The summed E-state index contributed by atoms with van der Waals surface area (Å²) in [4.78, 5) is 15.5. The highest BCUT2D eigenvalue weighted by Crippen LogP contribution is 2.38. The maximum atomic E-state index is 5.25. The first-order valence-corrected chi connectivity index (χ1v) is 13.8. The van der Waals surface area contributed by atoms with E-state index in [4.69, 9.17) is 15.0 Å². The van der Waals surface area contributed by atoms with E-state index in [1.165, 1.54) is 75.2 Å². The van der Waals surface area contributed by atoms with Crippen LogP contribution in [0.4, 0.5) is 0 Å². The second-order valence-corrected chi connectivity index (χ2v) is 10.6. The number of rotatable bonds is 4. The smallest absolute Gasteiger partial charge is 0.160 e. The van der Waals surface area contributed by atoms with Crippen LogP contribution in [0.1, 0.15) is 76.3 Å². The van der Waals surface area contributed by atoms with E-state index in [0.29, 0.717) is 12.1 Å². The SMILES string of the molecule is c1cc(-c2nc3ccccc3n2C2CCCCC2)nc(-c2nc3ccccc3n2C2CCCCC2)c1. The standard InChI is InChI=1S/C31H33N5/c1-3-12-22(13-4-1)35-28-20-9-7-16-24(28)33-30(35)26-18-11-19-27(32-26)31-34-25-17-8-10-21-29(25)36(31)23-14-5-2-6-15-23/h7-11,16-23H,1-6,12-15H2. The van der Waals surface area contributed by atoms with Crippen LogP contribution in [0.2, 0.25) is 0 Å². The molecule has 0 amide bonds. The Balaban J connectivity index is 1.38. The molecular formula is C31H33N5. The zero-order valence-corrected chi connectivity index (χ0v) is 20.8. The maximum Gasteiger partial charge on any atom is 0.160 e. The van der Waals surface area contributed by atoms with Gasteiger partial charge in [-0.15, -0.1) is 0 Å². The summed E-state index contributed by atoms with van der Waals surface area (Å²) < 4.78 is 4.95. The van der Waals surface area contributed by atoms with Crippen molar-refractivity contribution in [2.24, 2.45) is 0 Å². The summed E-state index contributed by atoms with van der Waals surface area (Å²) in [6.07, 6.45) is 12.7. The summed E-state index contributed by atoms with van der Waals surface area (Å²) in [5, 5.41) is 0. The van der Waals surface area contributed by atoms with Crippen LogP contribution in [0, 0.1) is 0 Å². The highest BCUT2D eigenvalue weighted by molar-refractivity contribution is 5.82. The average Bonchev–Trinajstić information content (AvgIpc) is 3.53. The molecule has 0 saturated heterocycles. The molecule has 0 aliphatic heterocycles. The van der Waals surface area contributed by atoms with Crippen LogP contribution in [0.5, 0.6) is 0 Å². The predicted molar refractivity (Wildman–Crippen MR) is 146 cm³/mol. The van der Waals surface area contributed by atoms with Crippen molar-refractivity contribution in [3.63, 3.8) is 0 Å². The van der Waals surface area contributed by atoms with Gasteiger partial charge in [-0.2, -0.15) is 0 Å². The fourth-order valence-corrected chi connectivity index (χ4v) is 6.55. The minimum Gasteiger partial charge on any atom is -0.320 e. The van der Waals surface area contributed by atoms with Crippen molar-refractivity contribution in [3.8, 4) is 23.0 Å². The normalized spacial score (nSPS) is 17.8. The Morgan fingerprint density at radius 1 is 0.472 bits per heavy atom. The Kier molecular flexibility index (Phi) is 5.56. The first-order chi connectivity index (χ1) is 17.9. The van der Waals surface area contributed by atoms with E-state index in [1.54, 1.807) is 0 Å². The second kappa shape index (κ2) is 9.20. The maximum absolute atomic E-state index is 5.25. The molecule has 182 valence electrons. The lowest BCUT2D eigenvalue weighted by atomic mass is 9.95. The van der Waals surface area contributed by atoms with E-state index in [-0.39, 0.29) is 0 Å². The van der Waals surface area contributed by atoms with Gasteiger partial charge >= 0.3 is 0 Å². The molecule has 2 aliphatic carbocycles. The van der Waals surface area contributed by atoms with Gasteiger partial charge in [-0.25, -0.2) is 15.0 Å². The lowest BCUT2D eigenvalue weighted by Gasteiger charge is -2.26. The number of imidazole rings is 2. The Bertz CT molecular complexity index is 1400. The molecule has 2 saturated carbocycles. The fourth-order valence-electron chi connectivity index (χ4n) is 6.55. The number of aromatic nitrogens is 5. The van der Waals surface area contributed by atoms with Crippen LogP contribution in [0.3, 0.4) is 0 Å². The van der Waals surface area contributed by atoms with Crippen LogP contribution >= 0.6 is 0 Å². The molecule has 36 heavy (non-hydrogen) atoms. The van der Waals surface area contributed by atoms with E-state index in [0.717, 1.165) is 34.1 Å². The molecule has 2 aliphatic rings. The third-order valence-electron chi connectivity index (χ3n) is 8.28. The quantitative estimate of drug-likeness (QED) is 0.264. The second-order valence-electron chi connectivity index (χ2n) is 10.6. The van der Waals surface area contributed by atoms with Crippen molar-refractivity contribution in [2.75, 3.05) is 0 Å². The van der Waals surface area contributed by atoms with Gasteiger partial charge in [0.1, 0.15) is 11.4 Å². The summed E-state index contributed by atoms with van der Waals surface area (Å²) in [6, 6.07) is 24.5. The number of hydrogen-bond acceptors (Lipinski definition) is 3. The predicted octanol–water partition coefficient (Wildman–Crippen LogP) is 8.13. The molecule has 0 radical (unpaired) electrons. The van der Waals surface area contributed by atoms with Crippen LogP contribution in [-0.4, -0.2) is 24.1 Å². The monoisotopic (exact) mass is 475 g/mol. The zero-order chi connectivity index (χ0) is 23.9. The van der Waals surface area contributed by atoms with Gasteiger partial charge in [0.2, 0.25) is 0 Å². The molecule has 3 aromatic heterocycles. The topological polar surface area (TPSA) is 48.5 Å². The lowest BCUT2D eigenvalue weighted by molar-refractivity contribution is 0.361. The van der Waals surface area contributed by atoms with Crippen LogP contribution in [-0.2, 0) is 0 Å². The van der Waals surface area contributed by atoms with Crippen molar-refractivity contribution < 1.29 is 0 Å². The number of fused-ring (bicyclic) bond motifs is 2. The van der Waals surface area contributed by atoms with Gasteiger partial charge in [0.25, 0.3) is 0 Å². The van der Waals surface area contributed by atoms with Gasteiger partial charge in [0, 0.05) is 12.1 Å². The molecule has 0 N–H and O–H groups in total. The van der Waals surface area contributed by atoms with Crippen LogP contribution < -0.4 is 0 Å².